The number of rotatable bonds is 33. The topological polar surface area (TPSA) is 104 Å². The predicted molar refractivity (Wildman–Crippen MR) is 198 cm³/mol. The van der Waals surface area contributed by atoms with E-state index in [2.05, 4.69) is 67.8 Å². The smallest absolute Gasteiger partial charge is 0.266 e. The molecule has 0 aliphatic carbocycles. The number of amides is 1. The van der Waals surface area contributed by atoms with Crippen LogP contribution in [0.4, 0.5) is 0 Å². The number of unbranched alkanes of at least 4 members (excludes halogenated alkanes) is 17. The number of carbonyl (C=O) groups excluding carboxylic acids is 1. The number of carbonyl (C=O) groups is 1. The van der Waals surface area contributed by atoms with Crippen molar-refractivity contribution in [2.45, 2.75) is 187 Å². The molecule has 46 heavy (non-hydrogen) atoms. The first-order valence-electron chi connectivity index (χ1n) is 18.8. The lowest BCUT2D eigenvalue weighted by molar-refractivity contribution is -0.122. The first-order valence-corrected chi connectivity index (χ1v) is 20.4. The molecule has 6 nitrogen and oxygen atoms in total. The van der Waals surface area contributed by atoms with E-state index in [1.54, 1.807) is 0 Å². The van der Waals surface area contributed by atoms with Crippen LogP contribution < -0.4 is 5.32 Å². The number of aliphatic hydroxyl groups is 1. The van der Waals surface area contributed by atoms with Gasteiger partial charge in [0, 0.05) is 6.42 Å². The molecule has 0 heterocycles. The van der Waals surface area contributed by atoms with Crippen LogP contribution in [0.2, 0.25) is 0 Å². The minimum atomic E-state index is -4.30. The molecule has 0 saturated heterocycles. The van der Waals surface area contributed by atoms with Crippen LogP contribution in [0.1, 0.15) is 174 Å². The molecule has 0 bridgehead atoms. The summed E-state index contributed by atoms with van der Waals surface area (Å²) in [6.07, 6.45) is 43.6. The Morgan fingerprint density at radius 3 is 1.54 bits per heavy atom. The Bertz CT molecular complexity index is 909. The summed E-state index contributed by atoms with van der Waals surface area (Å²) in [5.41, 5.74) is 0. The van der Waals surface area contributed by atoms with Gasteiger partial charge in [-0.15, -0.1) is 0 Å². The monoisotopic (exact) mass is 666 g/mol. The molecule has 0 aromatic carbocycles. The fourth-order valence-corrected chi connectivity index (χ4v) is 6.26. The maximum Gasteiger partial charge on any atom is 0.266 e. The van der Waals surface area contributed by atoms with Crippen molar-refractivity contribution in [3.8, 4) is 0 Å². The Kier molecular flexibility index (Phi) is 32.0. The van der Waals surface area contributed by atoms with Gasteiger partial charge in [-0.2, -0.15) is 8.42 Å². The van der Waals surface area contributed by atoms with Crippen molar-refractivity contribution < 1.29 is 22.9 Å². The average molecular weight is 666 g/mol. The van der Waals surface area contributed by atoms with Crippen LogP contribution in [0.15, 0.2) is 48.6 Å². The summed E-state index contributed by atoms with van der Waals surface area (Å²) in [5.74, 6) is -0.907. The lowest BCUT2D eigenvalue weighted by Gasteiger charge is -2.23. The van der Waals surface area contributed by atoms with E-state index in [-0.39, 0.29) is 5.91 Å². The van der Waals surface area contributed by atoms with Crippen LogP contribution >= 0.6 is 0 Å². The van der Waals surface area contributed by atoms with Crippen molar-refractivity contribution in [3.05, 3.63) is 48.6 Å². The Morgan fingerprint density at radius 1 is 0.609 bits per heavy atom. The standard InChI is InChI=1S/C39H71NO5S/c1-3-5-7-9-11-13-14-15-16-17-18-19-20-21-22-23-24-25-26-27-29-31-33-35-39(42)40-37(36-46(43,44)45)38(41)34-32-30-28-12-10-8-6-4-2/h5,7,11,13,15-16,18-19,37-38,41H,3-4,6,8-10,12,14,17,20-36H2,1-2H3,(H,40,42)(H,43,44,45)/b7-5-,13-11-,16-15-,19-18-. The number of hydrogen-bond donors (Lipinski definition) is 3. The third-order valence-corrected chi connectivity index (χ3v) is 9.08. The van der Waals surface area contributed by atoms with Gasteiger partial charge < -0.3 is 10.4 Å². The zero-order valence-electron chi connectivity index (χ0n) is 29.7. The van der Waals surface area contributed by atoms with Crippen LogP contribution in [0.5, 0.6) is 0 Å². The molecular weight excluding hydrogens is 594 g/mol. The normalized spacial score (nSPS) is 13.9. The first kappa shape index (κ1) is 44.3. The molecule has 0 fully saturated rings. The van der Waals surface area contributed by atoms with Gasteiger partial charge in [-0.25, -0.2) is 0 Å². The Morgan fingerprint density at radius 2 is 1.04 bits per heavy atom. The molecule has 0 rings (SSSR count). The number of hydrogen-bond acceptors (Lipinski definition) is 4. The quantitative estimate of drug-likeness (QED) is 0.0368. The van der Waals surface area contributed by atoms with Gasteiger partial charge >= 0.3 is 0 Å². The van der Waals surface area contributed by atoms with Gasteiger partial charge in [0.1, 0.15) is 0 Å². The van der Waals surface area contributed by atoms with Crippen LogP contribution in [0.3, 0.4) is 0 Å². The Balaban J connectivity index is 3.81. The maximum atomic E-state index is 12.5. The van der Waals surface area contributed by atoms with Crippen LogP contribution in [-0.4, -0.2) is 41.9 Å². The Labute approximate surface area is 284 Å². The third kappa shape index (κ3) is 33.7. The summed E-state index contributed by atoms with van der Waals surface area (Å²) in [7, 11) is -4.30. The van der Waals surface area contributed by atoms with Gasteiger partial charge in [0.15, 0.2) is 0 Å². The van der Waals surface area contributed by atoms with E-state index >= 15 is 0 Å². The molecule has 0 spiro atoms. The predicted octanol–water partition coefficient (Wildman–Crippen LogP) is 10.7. The average Bonchev–Trinajstić information content (AvgIpc) is 3.01. The second-order valence-corrected chi connectivity index (χ2v) is 14.3. The van der Waals surface area contributed by atoms with E-state index in [4.69, 9.17) is 0 Å². The van der Waals surface area contributed by atoms with Gasteiger partial charge in [0.2, 0.25) is 5.91 Å². The van der Waals surface area contributed by atoms with E-state index in [0.29, 0.717) is 12.8 Å². The van der Waals surface area contributed by atoms with Crippen molar-refractivity contribution in [3.63, 3.8) is 0 Å². The fourth-order valence-electron chi connectivity index (χ4n) is 5.50. The maximum absolute atomic E-state index is 12.5. The molecule has 0 aliphatic rings. The largest absolute Gasteiger partial charge is 0.391 e. The highest BCUT2D eigenvalue weighted by atomic mass is 32.2. The van der Waals surface area contributed by atoms with Crippen molar-refractivity contribution in [2.75, 3.05) is 5.75 Å². The SMILES string of the molecule is CC/C=C\C/C=C\C/C=C\C/C=C\CCCCCCCCCCCCC(=O)NC(CS(=O)(=O)O)C(O)CCCCCCCCCC. The fraction of sp³-hybridized carbons (Fsp3) is 0.769. The molecule has 0 radical (unpaired) electrons. The van der Waals surface area contributed by atoms with Gasteiger partial charge in [-0.1, -0.05) is 165 Å². The summed E-state index contributed by atoms with van der Waals surface area (Å²) in [5, 5.41) is 13.2. The van der Waals surface area contributed by atoms with Crippen LogP contribution in [-0.2, 0) is 14.9 Å². The van der Waals surface area contributed by atoms with Gasteiger partial charge in [-0.05, 0) is 51.4 Å². The lowest BCUT2D eigenvalue weighted by atomic mass is 10.0. The zero-order valence-corrected chi connectivity index (χ0v) is 30.5. The highest BCUT2D eigenvalue weighted by Crippen LogP contribution is 2.15. The number of nitrogens with one attached hydrogen (secondary N) is 1. The minimum absolute atomic E-state index is 0.256. The highest BCUT2D eigenvalue weighted by molar-refractivity contribution is 7.85. The molecule has 3 N–H and O–H groups in total. The number of aliphatic hydroxyl groups excluding tert-OH is 1. The summed E-state index contributed by atoms with van der Waals surface area (Å²) >= 11 is 0. The highest BCUT2D eigenvalue weighted by Gasteiger charge is 2.26. The molecule has 2 atom stereocenters. The van der Waals surface area contributed by atoms with Gasteiger partial charge in [-0.3, -0.25) is 9.35 Å². The first-order chi connectivity index (χ1) is 22.3. The third-order valence-electron chi connectivity index (χ3n) is 8.30. The molecule has 1 amide bonds. The second-order valence-electron chi connectivity index (χ2n) is 12.8. The summed E-state index contributed by atoms with van der Waals surface area (Å²) in [6.45, 7) is 4.35. The van der Waals surface area contributed by atoms with E-state index in [1.807, 2.05) is 0 Å². The van der Waals surface area contributed by atoms with Crippen molar-refractivity contribution >= 4 is 16.0 Å². The summed E-state index contributed by atoms with van der Waals surface area (Å²) < 4.78 is 32.3. The summed E-state index contributed by atoms with van der Waals surface area (Å²) in [6, 6.07) is -0.971. The zero-order chi connectivity index (χ0) is 34.0. The number of allylic oxidation sites excluding steroid dienone is 8. The molecule has 268 valence electrons. The second kappa shape index (κ2) is 33.2. The van der Waals surface area contributed by atoms with Gasteiger partial charge in [0.25, 0.3) is 10.1 Å². The molecule has 2 unspecified atom stereocenters. The van der Waals surface area contributed by atoms with Crippen molar-refractivity contribution in [2.24, 2.45) is 0 Å². The minimum Gasteiger partial charge on any atom is -0.391 e. The van der Waals surface area contributed by atoms with Crippen LogP contribution in [0, 0.1) is 0 Å². The molecule has 0 saturated carbocycles. The van der Waals surface area contributed by atoms with Crippen molar-refractivity contribution in [1.29, 1.82) is 0 Å². The van der Waals surface area contributed by atoms with E-state index in [0.717, 1.165) is 64.2 Å². The van der Waals surface area contributed by atoms with E-state index in [9.17, 15) is 22.9 Å². The lowest BCUT2D eigenvalue weighted by Crippen LogP contribution is -2.47. The molecule has 0 aromatic rings. The summed E-state index contributed by atoms with van der Waals surface area (Å²) in [4.78, 5) is 12.5. The van der Waals surface area contributed by atoms with E-state index < -0.39 is 28.0 Å². The van der Waals surface area contributed by atoms with Crippen molar-refractivity contribution in [1.82, 2.24) is 5.32 Å². The Hall–Kier alpha value is -1.70. The molecule has 0 aliphatic heterocycles. The van der Waals surface area contributed by atoms with E-state index in [1.165, 1.54) is 83.5 Å². The molecular formula is C39H71NO5S. The molecule has 7 heteroatoms. The van der Waals surface area contributed by atoms with Crippen LogP contribution in [0.25, 0.3) is 0 Å². The van der Waals surface area contributed by atoms with Gasteiger partial charge in [0.05, 0.1) is 17.9 Å². The molecule has 0 aromatic heterocycles.